The number of carbonyl (C=O) groups excluding carboxylic acids is 1. The van der Waals surface area contributed by atoms with Crippen LogP contribution in [0.15, 0.2) is 19.0 Å². The lowest BCUT2D eigenvalue weighted by atomic mass is 10.0. The normalized spacial score (nSPS) is 16.2. The summed E-state index contributed by atoms with van der Waals surface area (Å²) in [6, 6.07) is 0.459. The maximum atomic E-state index is 11.1. The first kappa shape index (κ1) is 18.1. The summed E-state index contributed by atoms with van der Waals surface area (Å²) in [7, 11) is 0. The standard InChI is InChI=1S/C17H24N6O3/c1-3-11(8-26-13(25)7-24)6-10(2)23-9-19-14-15(20-12-4-5-12)21-17(18)22-16(14)23/h3,9-12,24H,1,4-8H2,2H3,(H3,18,20,21,22)/t10?,11-/m1/s1. The van der Waals surface area contributed by atoms with Crippen LogP contribution in [0.3, 0.4) is 0 Å². The van der Waals surface area contributed by atoms with Gasteiger partial charge in [0.05, 0.1) is 12.9 Å². The van der Waals surface area contributed by atoms with Crippen molar-refractivity contribution in [3.63, 3.8) is 0 Å². The molecular weight excluding hydrogens is 336 g/mol. The first-order valence-electron chi connectivity index (χ1n) is 8.67. The lowest BCUT2D eigenvalue weighted by molar-refractivity contribution is -0.147. The fourth-order valence-electron chi connectivity index (χ4n) is 2.81. The van der Waals surface area contributed by atoms with E-state index in [9.17, 15) is 4.79 Å². The topological polar surface area (TPSA) is 128 Å². The molecule has 0 saturated heterocycles. The van der Waals surface area contributed by atoms with Gasteiger partial charge in [0.1, 0.15) is 6.61 Å². The van der Waals surface area contributed by atoms with Crippen LogP contribution in [-0.2, 0) is 9.53 Å². The summed E-state index contributed by atoms with van der Waals surface area (Å²) in [6.45, 7) is 5.37. The van der Waals surface area contributed by atoms with Crippen LogP contribution in [0.25, 0.3) is 11.2 Å². The highest BCUT2D eigenvalue weighted by Crippen LogP contribution is 2.29. The Hall–Kier alpha value is -2.68. The number of nitrogens with one attached hydrogen (secondary N) is 1. The molecule has 0 radical (unpaired) electrons. The molecule has 9 heteroatoms. The second kappa shape index (κ2) is 7.69. The van der Waals surface area contributed by atoms with Crippen molar-refractivity contribution < 1.29 is 14.6 Å². The molecule has 1 fully saturated rings. The minimum atomic E-state index is -0.645. The largest absolute Gasteiger partial charge is 0.463 e. The number of aliphatic hydroxyl groups excluding tert-OH is 1. The van der Waals surface area contributed by atoms with Crippen molar-refractivity contribution in [1.29, 1.82) is 0 Å². The number of anilines is 2. The van der Waals surface area contributed by atoms with Gasteiger partial charge in [0.2, 0.25) is 5.95 Å². The van der Waals surface area contributed by atoms with Crippen LogP contribution in [0.1, 0.15) is 32.2 Å². The number of ether oxygens (including phenoxy) is 1. The zero-order valence-corrected chi connectivity index (χ0v) is 14.8. The Balaban J connectivity index is 1.77. The molecule has 2 aromatic heterocycles. The number of carbonyl (C=O) groups is 1. The number of nitrogen functional groups attached to an aromatic ring is 1. The second-order valence-electron chi connectivity index (χ2n) is 6.59. The number of aliphatic hydroxyl groups is 1. The molecule has 2 heterocycles. The maximum absolute atomic E-state index is 11.1. The van der Waals surface area contributed by atoms with Gasteiger partial charge in [0.15, 0.2) is 17.0 Å². The summed E-state index contributed by atoms with van der Waals surface area (Å²) in [4.78, 5) is 24.2. The Kier molecular flexibility index (Phi) is 5.36. The molecule has 9 nitrogen and oxygen atoms in total. The third kappa shape index (κ3) is 4.10. The molecule has 2 atom stereocenters. The maximum Gasteiger partial charge on any atom is 0.331 e. The van der Waals surface area contributed by atoms with Gasteiger partial charge in [-0.15, -0.1) is 6.58 Å². The van der Waals surface area contributed by atoms with Crippen LogP contribution in [0, 0.1) is 5.92 Å². The molecule has 0 spiro atoms. The molecule has 1 unspecified atom stereocenters. The van der Waals surface area contributed by atoms with Crippen LogP contribution >= 0.6 is 0 Å². The number of esters is 1. The van der Waals surface area contributed by atoms with Crippen molar-refractivity contribution in [2.45, 2.75) is 38.3 Å². The Morgan fingerprint density at radius 1 is 1.58 bits per heavy atom. The Morgan fingerprint density at radius 3 is 3.00 bits per heavy atom. The van der Waals surface area contributed by atoms with Crippen LogP contribution in [-0.4, -0.2) is 49.9 Å². The molecule has 0 aromatic carbocycles. The number of fused-ring (bicyclic) bond motifs is 1. The monoisotopic (exact) mass is 360 g/mol. The quantitative estimate of drug-likeness (QED) is 0.450. The van der Waals surface area contributed by atoms with E-state index in [0.717, 1.165) is 12.8 Å². The highest BCUT2D eigenvalue weighted by molar-refractivity contribution is 5.84. The Bertz CT molecular complexity index is 801. The van der Waals surface area contributed by atoms with Crippen LogP contribution in [0.4, 0.5) is 11.8 Å². The first-order valence-corrected chi connectivity index (χ1v) is 8.67. The molecule has 2 aromatic rings. The van der Waals surface area contributed by atoms with E-state index < -0.39 is 12.6 Å². The van der Waals surface area contributed by atoms with Crippen LogP contribution in [0.2, 0.25) is 0 Å². The van der Waals surface area contributed by atoms with E-state index in [4.69, 9.17) is 15.6 Å². The Morgan fingerprint density at radius 2 is 2.35 bits per heavy atom. The summed E-state index contributed by atoms with van der Waals surface area (Å²) in [5, 5.41) is 12.1. The van der Waals surface area contributed by atoms with E-state index in [-0.39, 0.29) is 24.5 Å². The smallest absolute Gasteiger partial charge is 0.331 e. The lowest BCUT2D eigenvalue weighted by Crippen LogP contribution is -2.18. The zero-order chi connectivity index (χ0) is 18.7. The van der Waals surface area contributed by atoms with E-state index in [1.54, 1.807) is 12.4 Å². The molecule has 1 aliphatic carbocycles. The summed E-state index contributed by atoms with van der Waals surface area (Å²) in [5.41, 5.74) is 7.24. The SMILES string of the molecule is C=C[C@@H](COC(=O)CO)CC(C)n1cnc2c(NC3CC3)nc(N)nc21. The van der Waals surface area contributed by atoms with Crippen LogP contribution in [0.5, 0.6) is 0 Å². The predicted octanol–water partition coefficient (Wildman–Crippen LogP) is 1.27. The van der Waals surface area contributed by atoms with Gasteiger partial charge in [-0.05, 0) is 26.2 Å². The molecule has 0 aliphatic heterocycles. The third-order valence-corrected chi connectivity index (χ3v) is 4.40. The number of nitrogens with two attached hydrogens (primary N) is 1. The van der Waals surface area contributed by atoms with E-state index in [0.29, 0.717) is 29.4 Å². The van der Waals surface area contributed by atoms with Gasteiger partial charge >= 0.3 is 5.97 Å². The van der Waals surface area contributed by atoms with Gasteiger partial charge in [-0.1, -0.05) is 6.08 Å². The predicted molar refractivity (Wildman–Crippen MR) is 97.4 cm³/mol. The van der Waals surface area contributed by atoms with E-state index in [1.165, 1.54) is 0 Å². The van der Waals surface area contributed by atoms with Gasteiger partial charge in [0, 0.05) is 18.0 Å². The molecule has 26 heavy (non-hydrogen) atoms. The van der Waals surface area contributed by atoms with Gasteiger partial charge < -0.3 is 25.5 Å². The fraction of sp³-hybridized carbons (Fsp3) is 0.529. The van der Waals surface area contributed by atoms with Gasteiger partial charge in [-0.3, -0.25) is 0 Å². The van der Waals surface area contributed by atoms with Gasteiger partial charge in [-0.25, -0.2) is 9.78 Å². The summed E-state index contributed by atoms with van der Waals surface area (Å²) >= 11 is 0. The fourth-order valence-corrected chi connectivity index (χ4v) is 2.81. The molecule has 1 aliphatic rings. The van der Waals surface area contributed by atoms with Crippen molar-refractivity contribution >= 4 is 28.9 Å². The van der Waals surface area contributed by atoms with Crippen molar-refractivity contribution in [3.8, 4) is 0 Å². The van der Waals surface area contributed by atoms with Crippen LogP contribution < -0.4 is 11.1 Å². The minimum Gasteiger partial charge on any atom is -0.463 e. The number of aromatic nitrogens is 4. The highest BCUT2D eigenvalue weighted by atomic mass is 16.5. The van der Waals surface area contributed by atoms with E-state index in [1.807, 2.05) is 11.5 Å². The number of hydrogen-bond donors (Lipinski definition) is 3. The molecule has 0 bridgehead atoms. The zero-order valence-electron chi connectivity index (χ0n) is 14.8. The van der Waals surface area contributed by atoms with Gasteiger partial charge in [0.25, 0.3) is 0 Å². The van der Waals surface area contributed by atoms with Crippen molar-refractivity contribution in [3.05, 3.63) is 19.0 Å². The minimum absolute atomic E-state index is 0.0268. The number of imidazole rings is 1. The molecule has 3 rings (SSSR count). The van der Waals surface area contributed by atoms with E-state index in [2.05, 4.69) is 26.8 Å². The average Bonchev–Trinajstić information content (AvgIpc) is 3.34. The first-order chi connectivity index (χ1) is 12.5. The van der Waals surface area contributed by atoms with Crippen molar-refractivity contribution in [2.24, 2.45) is 5.92 Å². The Labute approximate surface area is 151 Å². The second-order valence-corrected chi connectivity index (χ2v) is 6.59. The summed E-state index contributed by atoms with van der Waals surface area (Å²) in [6.07, 6.45) is 6.38. The van der Waals surface area contributed by atoms with Gasteiger partial charge in [-0.2, -0.15) is 9.97 Å². The third-order valence-electron chi connectivity index (χ3n) is 4.40. The van der Waals surface area contributed by atoms with Crippen molar-refractivity contribution in [2.75, 3.05) is 24.3 Å². The average molecular weight is 360 g/mol. The number of hydrogen-bond acceptors (Lipinski definition) is 8. The molecule has 1 saturated carbocycles. The summed E-state index contributed by atoms with van der Waals surface area (Å²) < 4.78 is 6.94. The highest BCUT2D eigenvalue weighted by Gasteiger charge is 2.24. The molecule has 4 N–H and O–H groups in total. The number of rotatable bonds is 9. The van der Waals surface area contributed by atoms with E-state index >= 15 is 0 Å². The molecular formula is C17H24N6O3. The molecule has 0 amide bonds. The number of nitrogens with zero attached hydrogens (tertiary/aromatic N) is 4. The lowest BCUT2D eigenvalue weighted by Gasteiger charge is -2.19. The van der Waals surface area contributed by atoms with Crippen molar-refractivity contribution in [1.82, 2.24) is 19.5 Å². The molecule has 140 valence electrons. The summed E-state index contributed by atoms with van der Waals surface area (Å²) in [5.74, 6) is 0.167.